The molecule has 0 amide bonds. The number of halogens is 1. The van der Waals surface area contributed by atoms with E-state index in [1.54, 1.807) is 0 Å². The quantitative estimate of drug-likeness (QED) is 0.815. The van der Waals surface area contributed by atoms with Gasteiger partial charge in [-0.3, -0.25) is 0 Å². The van der Waals surface area contributed by atoms with Crippen molar-refractivity contribution >= 4 is 23.4 Å². The Bertz CT molecular complexity index is 359. The smallest absolute Gasteiger partial charge is 0.0914 e. The molecule has 1 aromatic carbocycles. The van der Waals surface area contributed by atoms with Crippen molar-refractivity contribution in [3.8, 4) is 0 Å². The lowest BCUT2D eigenvalue weighted by Gasteiger charge is -2.33. The number of aryl methyl sites for hydroxylation is 1. The van der Waals surface area contributed by atoms with Crippen LogP contribution in [-0.2, 0) is 5.60 Å². The molecule has 0 aliphatic carbocycles. The van der Waals surface area contributed by atoms with Crippen LogP contribution in [0.4, 0.5) is 0 Å². The molecule has 1 fully saturated rings. The molecule has 15 heavy (non-hydrogen) atoms. The number of aliphatic hydroxyl groups is 1. The topological polar surface area (TPSA) is 20.2 Å². The fraction of sp³-hybridized carbons (Fsp3) is 0.500. The molecular formula is C12H15ClOS. The molecule has 0 radical (unpaired) electrons. The van der Waals surface area contributed by atoms with Crippen LogP contribution >= 0.6 is 23.4 Å². The molecule has 82 valence electrons. The molecule has 3 heteroatoms. The maximum Gasteiger partial charge on any atom is 0.0914 e. The van der Waals surface area contributed by atoms with Gasteiger partial charge >= 0.3 is 0 Å². The maximum atomic E-state index is 10.6. The zero-order valence-electron chi connectivity index (χ0n) is 8.79. The molecule has 2 rings (SSSR count). The van der Waals surface area contributed by atoms with E-state index < -0.39 is 5.60 Å². The molecule has 0 aromatic heterocycles. The van der Waals surface area contributed by atoms with Gasteiger partial charge in [-0.05, 0) is 54.5 Å². The molecule has 1 aromatic rings. The van der Waals surface area contributed by atoms with Gasteiger partial charge in [0.2, 0.25) is 0 Å². The van der Waals surface area contributed by atoms with Gasteiger partial charge in [0.25, 0.3) is 0 Å². The summed E-state index contributed by atoms with van der Waals surface area (Å²) in [5.74, 6) is 2.08. The van der Waals surface area contributed by atoms with Crippen LogP contribution in [0.5, 0.6) is 0 Å². The van der Waals surface area contributed by atoms with Gasteiger partial charge in [0.05, 0.1) is 5.60 Å². The lowest BCUT2D eigenvalue weighted by atomic mass is 9.85. The van der Waals surface area contributed by atoms with Crippen molar-refractivity contribution in [1.29, 1.82) is 0 Å². The summed E-state index contributed by atoms with van der Waals surface area (Å²) >= 11 is 7.83. The normalized spacial score (nSPS) is 20.2. The average molecular weight is 243 g/mol. The summed E-state index contributed by atoms with van der Waals surface area (Å²) in [6, 6.07) is 5.76. The summed E-state index contributed by atoms with van der Waals surface area (Å²) in [4.78, 5) is 0. The van der Waals surface area contributed by atoms with E-state index in [2.05, 4.69) is 0 Å². The van der Waals surface area contributed by atoms with E-state index in [4.69, 9.17) is 11.6 Å². The molecule has 0 bridgehead atoms. The van der Waals surface area contributed by atoms with Crippen LogP contribution in [0, 0.1) is 6.92 Å². The van der Waals surface area contributed by atoms with Crippen LogP contribution in [0.2, 0.25) is 5.02 Å². The number of rotatable bonds is 1. The number of hydrogen-bond donors (Lipinski definition) is 1. The highest BCUT2D eigenvalue weighted by atomic mass is 35.5. The van der Waals surface area contributed by atoms with E-state index in [1.807, 2.05) is 36.9 Å². The molecule has 0 unspecified atom stereocenters. The lowest BCUT2D eigenvalue weighted by Crippen LogP contribution is -2.31. The zero-order chi connectivity index (χ0) is 10.9. The maximum absolute atomic E-state index is 10.6. The fourth-order valence-corrected chi connectivity index (χ4v) is 3.52. The predicted molar refractivity (Wildman–Crippen MR) is 66.6 cm³/mol. The zero-order valence-corrected chi connectivity index (χ0v) is 10.4. The summed E-state index contributed by atoms with van der Waals surface area (Å²) in [6.07, 6.45) is 1.69. The van der Waals surface area contributed by atoms with E-state index in [0.717, 1.165) is 40.5 Å². The SMILES string of the molecule is Cc1cc(Cl)ccc1C1(O)CCSCC1. The first-order valence-corrected chi connectivity index (χ1v) is 6.72. The fourth-order valence-electron chi connectivity index (χ4n) is 2.13. The number of hydrogen-bond acceptors (Lipinski definition) is 2. The Morgan fingerprint density at radius 3 is 2.60 bits per heavy atom. The van der Waals surface area contributed by atoms with E-state index >= 15 is 0 Å². The third-order valence-corrected chi connectivity index (χ3v) is 4.23. The van der Waals surface area contributed by atoms with Crippen molar-refractivity contribution in [1.82, 2.24) is 0 Å². The highest BCUT2D eigenvalue weighted by Crippen LogP contribution is 2.37. The summed E-state index contributed by atoms with van der Waals surface area (Å²) in [5.41, 5.74) is 1.52. The predicted octanol–water partition coefficient (Wildman–Crippen LogP) is 3.36. The van der Waals surface area contributed by atoms with E-state index in [1.165, 1.54) is 0 Å². The summed E-state index contributed by atoms with van der Waals surface area (Å²) in [6.45, 7) is 2.01. The first-order chi connectivity index (χ1) is 7.12. The van der Waals surface area contributed by atoms with Crippen LogP contribution in [0.25, 0.3) is 0 Å². The van der Waals surface area contributed by atoms with Crippen molar-refractivity contribution in [3.05, 3.63) is 34.3 Å². The second kappa shape index (κ2) is 4.36. The van der Waals surface area contributed by atoms with Crippen LogP contribution in [0.15, 0.2) is 18.2 Å². The summed E-state index contributed by atoms with van der Waals surface area (Å²) < 4.78 is 0. The Morgan fingerprint density at radius 1 is 1.33 bits per heavy atom. The minimum Gasteiger partial charge on any atom is -0.385 e. The highest BCUT2D eigenvalue weighted by Gasteiger charge is 2.32. The molecule has 1 N–H and O–H groups in total. The lowest BCUT2D eigenvalue weighted by molar-refractivity contribution is 0.0275. The Balaban J connectivity index is 2.35. The van der Waals surface area contributed by atoms with Crippen LogP contribution in [0.3, 0.4) is 0 Å². The van der Waals surface area contributed by atoms with Gasteiger partial charge in [-0.2, -0.15) is 11.8 Å². The number of thioether (sulfide) groups is 1. The second-order valence-corrected chi connectivity index (χ2v) is 5.76. The van der Waals surface area contributed by atoms with Gasteiger partial charge in [-0.25, -0.2) is 0 Å². The number of benzene rings is 1. The van der Waals surface area contributed by atoms with Gasteiger partial charge in [0.1, 0.15) is 0 Å². The molecule has 1 saturated heterocycles. The Morgan fingerprint density at radius 2 is 2.00 bits per heavy atom. The molecule has 1 heterocycles. The van der Waals surface area contributed by atoms with E-state index in [-0.39, 0.29) is 0 Å². The molecule has 1 aliphatic heterocycles. The Hall–Kier alpha value is -0.180. The van der Waals surface area contributed by atoms with E-state index in [0.29, 0.717) is 0 Å². The van der Waals surface area contributed by atoms with Gasteiger partial charge in [0, 0.05) is 5.02 Å². The average Bonchev–Trinajstić information content (AvgIpc) is 2.18. The molecule has 1 nitrogen and oxygen atoms in total. The van der Waals surface area contributed by atoms with Crippen molar-refractivity contribution in [2.75, 3.05) is 11.5 Å². The minimum atomic E-state index is -0.625. The first kappa shape index (κ1) is 11.3. The Kier molecular flexibility index (Phi) is 3.29. The van der Waals surface area contributed by atoms with Gasteiger partial charge in [-0.1, -0.05) is 17.7 Å². The summed E-state index contributed by atoms with van der Waals surface area (Å²) in [5, 5.41) is 11.3. The largest absolute Gasteiger partial charge is 0.385 e. The van der Waals surface area contributed by atoms with Crippen molar-refractivity contribution in [3.63, 3.8) is 0 Å². The minimum absolute atomic E-state index is 0.625. The van der Waals surface area contributed by atoms with Gasteiger partial charge in [-0.15, -0.1) is 0 Å². The first-order valence-electron chi connectivity index (χ1n) is 5.19. The van der Waals surface area contributed by atoms with Gasteiger partial charge in [0.15, 0.2) is 0 Å². The standard InChI is InChI=1S/C12H15ClOS/c1-9-8-10(13)2-3-11(9)12(14)4-6-15-7-5-12/h2-3,8,14H,4-7H2,1H3. The summed E-state index contributed by atoms with van der Waals surface area (Å²) in [7, 11) is 0. The molecule has 0 saturated carbocycles. The monoisotopic (exact) mass is 242 g/mol. The molecule has 0 atom stereocenters. The third-order valence-electron chi connectivity index (χ3n) is 3.01. The van der Waals surface area contributed by atoms with Crippen LogP contribution < -0.4 is 0 Å². The molecule has 1 aliphatic rings. The third kappa shape index (κ3) is 2.32. The molecular weight excluding hydrogens is 228 g/mol. The van der Waals surface area contributed by atoms with Gasteiger partial charge < -0.3 is 5.11 Å². The van der Waals surface area contributed by atoms with E-state index in [9.17, 15) is 5.11 Å². The van der Waals surface area contributed by atoms with Crippen LogP contribution in [-0.4, -0.2) is 16.6 Å². The molecule has 0 spiro atoms. The van der Waals surface area contributed by atoms with Crippen molar-refractivity contribution in [2.45, 2.75) is 25.4 Å². The second-order valence-electron chi connectivity index (χ2n) is 4.10. The van der Waals surface area contributed by atoms with Crippen molar-refractivity contribution < 1.29 is 5.11 Å². The Labute approximate surface area is 99.8 Å². The van der Waals surface area contributed by atoms with Crippen LogP contribution in [0.1, 0.15) is 24.0 Å². The van der Waals surface area contributed by atoms with Crippen molar-refractivity contribution in [2.24, 2.45) is 0 Å². The highest BCUT2D eigenvalue weighted by molar-refractivity contribution is 7.99.